The van der Waals surface area contributed by atoms with Crippen LogP contribution in [0.3, 0.4) is 0 Å². The van der Waals surface area contributed by atoms with Gasteiger partial charge in [0.15, 0.2) is 0 Å². The van der Waals surface area contributed by atoms with E-state index in [-0.39, 0.29) is 23.4 Å². The molecule has 2 unspecified atom stereocenters. The van der Waals surface area contributed by atoms with Gasteiger partial charge < -0.3 is 19.3 Å². The molecule has 2 aliphatic heterocycles. The largest absolute Gasteiger partial charge is 0.477 e. The predicted octanol–water partition coefficient (Wildman–Crippen LogP) is 2.86. The smallest absolute Gasteiger partial charge is 0.341 e. The van der Waals surface area contributed by atoms with Gasteiger partial charge >= 0.3 is 5.97 Å². The van der Waals surface area contributed by atoms with E-state index in [2.05, 4.69) is 17.0 Å². The zero-order valence-electron chi connectivity index (χ0n) is 17.0. The molecule has 8 heteroatoms. The van der Waals surface area contributed by atoms with Crippen LogP contribution in [0.15, 0.2) is 53.5 Å². The first kappa shape index (κ1) is 19.7. The van der Waals surface area contributed by atoms with Crippen LogP contribution < -0.4 is 10.3 Å². The number of aromatic nitrogens is 1. The van der Waals surface area contributed by atoms with Crippen LogP contribution in [0, 0.1) is 5.82 Å². The van der Waals surface area contributed by atoms with Crippen molar-refractivity contribution >= 4 is 22.6 Å². The molecule has 2 bridgehead atoms. The van der Waals surface area contributed by atoms with Crippen molar-refractivity contribution in [3.8, 4) is 0 Å². The van der Waals surface area contributed by atoms with Crippen LogP contribution in [0.4, 0.5) is 10.1 Å². The molecule has 1 N–H and O–H groups in total. The highest BCUT2D eigenvalue weighted by Crippen LogP contribution is 2.36. The number of aryl methyl sites for hydroxylation is 1. The monoisotopic (exact) mass is 423 g/mol. The molecule has 3 heterocycles. The lowest BCUT2D eigenvalue weighted by Gasteiger charge is -2.32. The molecular weight excluding hydrogens is 401 g/mol. The highest BCUT2D eigenvalue weighted by Gasteiger charge is 2.45. The number of ether oxygens (including phenoxy) is 1. The molecule has 0 radical (unpaired) electrons. The Labute approximate surface area is 177 Å². The van der Waals surface area contributed by atoms with Crippen molar-refractivity contribution in [2.24, 2.45) is 0 Å². The highest BCUT2D eigenvalue weighted by atomic mass is 19.1. The Bertz CT molecular complexity index is 1230. The van der Waals surface area contributed by atoms with Crippen molar-refractivity contribution in [1.29, 1.82) is 0 Å². The molecule has 1 aromatic heterocycles. The molecule has 7 nitrogen and oxygen atoms in total. The van der Waals surface area contributed by atoms with Crippen LogP contribution in [0.2, 0.25) is 0 Å². The molecule has 0 spiro atoms. The Kier molecular flexibility index (Phi) is 4.75. The summed E-state index contributed by atoms with van der Waals surface area (Å²) in [6.07, 6.45) is 0.909. The number of hydrogen-bond acceptors (Lipinski definition) is 5. The first-order valence-corrected chi connectivity index (χ1v) is 10.3. The lowest BCUT2D eigenvalue weighted by atomic mass is 10.1. The van der Waals surface area contributed by atoms with Crippen LogP contribution in [-0.2, 0) is 17.8 Å². The van der Waals surface area contributed by atoms with Gasteiger partial charge in [-0.2, -0.15) is 0 Å². The van der Waals surface area contributed by atoms with E-state index in [0.29, 0.717) is 30.8 Å². The number of benzene rings is 2. The van der Waals surface area contributed by atoms with E-state index in [0.717, 1.165) is 12.6 Å². The highest BCUT2D eigenvalue weighted by molar-refractivity contribution is 5.93. The molecule has 2 saturated heterocycles. The number of anilines is 1. The number of pyridine rings is 1. The Hall–Kier alpha value is -3.23. The number of aromatic carboxylic acids is 1. The Morgan fingerprint density at radius 1 is 1.19 bits per heavy atom. The first-order chi connectivity index (χ1) is 15.0. The van der Waals surface area contributed by atoms with Gasteiger partial charge in [0.05, 0.1) is 17.7 Å². The fourth-order valence-corrected chi connectivity index (χ4v) is 4.52. The normalized spacial score (nSPS) is 20.6. The standard InChI is InChI=1S/C23H22FN3O4/c1-2-25-11-16(23(29)30)22(28)15-8-17(24)19(9-18(15)25)27-13-20-26(12-21(27)31-20)10-14-6-4-3-5-7-14/h3-9,11,20-21H,2,10,12-13H2,1H3,(H,29,30). The van der Waals surface area contributed by atoms with E-state index < -0.39 is 17.2 Å². The van der Waals surface area contributed by atoms with Crippen molar-refractivity contribution in [3.63, 3.8) is 0 Å². The van der Waals surface area contributed by atoms with E-state index in [1.54, 1.807) is 10.6 Å². The van der Waals surface area contributed by atoms with Crippen molar-refractivity contribution in [1.82, 2.24) is 9.47 Å². The van der Waals surface area contributed by atoms with Crippen LogP contribution in [-0.4, -0.2) is 46.1 Å². The first-order valence-electron chi connectivity index (χ1n) is 10.3. The van der Waals surface area contributed by atoms with Crippen molar-refractivity contribution < 1.29 is 19.0 Å². The Morgan fingerprint density at radius 3 is 2.61 bits per heavy atom. The van der Waals surface area contributed by atoms with Gasteiger partial charge in [0.25, 0.3) is 0 Å². The minimum Gasteiger partial charge on any atom is -0.477 e. The number of carboxylic acids is 1. The average Bonchev–Trinajstić information content (AvgIpc) is 3.35. The molecule has 31 heavy (non-hydrogen) atoms. The second-order valence-corrected chi connectivity index (χ2v) is 7.90. The van der Waals surface area contributed by atoms with Gasteiger partial charge in [-0.1, -0.05) is 30.3 Å². The molecule has 2 atom stereocenters. The summed E-state index contributed by atoms with van der Waals surface area (Å²) in [5, 5.41) is 9.38. The summed E-state index contributed by atoms with van der Waals surface area (Å²) in [5.41, 5.74) is 1.04. The number of piperazine rings is 1. The molecule has 5 rings (SSSR count). The molecule has 0 amide bonds. The van der Waals surface area contributed by atoms with E-state index >= 15 is 4.39 Å². The third-order valence-corrected chi connectivity index (χ3v) is 6.07. The second-order valence-electron chi connectivity index (χ2n) is 7.90. The molecule has 2 fully saturated rings. The van der Waals surface area contributed by atoms with Gasteiger partial charge in [0, 0.05) is 31.2 Å². The number of hydrogen-bond donors (Lipinski definition) is 1. The fourth-order valence-electron chi connectivity index (χ4n) is 4.52. The maximum absolute atomic E-state index is 15.1. The maximum atomic E-state index is 15.1. The summed E-state index contributed by atoms with van der Waals surface area (Å²) < 4.78 is 22.8. The van der Waals surface area contributed by atoms with Gasteiger partial charge in [0.2, 0.25) is 5.43 Å². The van der Waals surface area contributed by atoms with Gasteiger partial charge in [-0.05, 0) is 24.6 Å². The van der Waals surface area contributed by atoms with Crippen molar-refractivity contribution in [3.05, 3.63) is 75.8 Å². The van der Waals surface area contributed by atoms with Crippen LogP contribution in [0.5, 0.6) is 0 Å². The molecule has 0 aliphatic carbocycles. The number of carboxylic acid groups (broad SMARTS) is 1. The predicted molar refractivity (Wildman–Crippen MR) is 114 cm³/mol. The number of rotatable bonds is 5. The van der Waals surface area contributed by atoms with Gasteiger partial charge in [-0.3, -0.25) is 9.69 Å². The summed E-state index contributed by atoms with van der Waals surface area (Å²) in [7, 11) is 0. The molecule has 2 aliphatic rings. The third-order valence-electron chi connectivity index (χ3n) is 6.07. The summed E-state index contributed by atoms with van der Waals surface area (Å²) in [6, 6.07) is 12.9. The fraction of sp³-hybridized carbons (Fsp3) is 0.304. The van der Waals surface area contributed by atoms with Gasteiger partial charge in [-0.15, -0.1) is 0 Å². The second kappa shape index (κ2) is 7.47. The van der Waals surface area contributed by atoms with E-state index in [1.165, 1.54) is 11.8 Å². The van der Waals surface area contributed by atoms with Crippen LogP contribution in [0.1, 0.15) is 22.8 Å². The summed E-state index contributed by atoms with van der Waals surface area (Å²) >= 11 is 0. The van der Waals surface area contributed by atoms with E-state index in [4.69, 9.17) is 4.74 Å². The molecular formula is C23H22FN3O4. The Morgan fingerprint density at radius 2 is 1.97 bits per heavy atom. The summed E-state index contributed by atoms with van der Waals surface area (Å²) in [6.45, 7) is 4.24. The van der Waals surface area contributed by atoms with Crippen LogP contribution in [0.25, 0.3) is 10.9 Å². The van der Waals surface area contributed by atoms with Gasteiger partial charge in [-0.25, -0.2) is 9.18 Å². The number of nitrogens with zero attached hydrogens (tertiary/aromatic N) is 3. The summed E-state index contributed by atoms with van der Waals surface area (Å²) in [4.78, 5) is 28.1. The number of fused-ring (bicyclic) bond motifs is 3. The molecule has 3 aromatic rings. The minimum absolute atomic E-state index is 0.0685. The zero-order valence-corrected chi connectivity index (χ0v) is 17.0. The average molecular weight is 423 g/mol. The zero-order chi connectivity index (χ0) is 21.7. The summed E-state index contributed by atoms with van der Waals surface area (Å²) in [5.74, 6) is -1.87. The topological polar surface area (TPSA) is 75.0 Å². The molecule has 160 valence electrons. The SMILES string of the molecule is CCn1cc(C(=O)O)c(=O)c2cc(F)c(N3CC4OC3CN4Cc3ccccc3)cc21. The van der Waals surface area contributed by atoms with Crippen molar-refractivity contribution in [2.45, 2.75) is 32.5 Å². The van der Waals surface area contributed by atoms with E-state index in [9.17, 15) is 14.7 Å². The molecule has 0 saturated carbocycles. The minimum atomic E-state index is -1.32. The number of carbonyl (C=O) groups is 1. The third kappa shape index (κ3) is 3.28. The van der Waals surface area contributed by atoms with Gasteiger partial charge in [0.1, 0.15) is 23.8 Å². The van der Waals surface area contributed by atoms with E-state index in [1.807, 2.05) is 30.0 Å². The lowest BCUT2D eigenvalue weighted by Crippen LogP contribution is -2.46. The maximum Gasteiger partial charge on any atom is 0.341 e. The number of halogens is 1. The lowest BCUT2D eigenvalue weighted by molar-refractivity contribution is 0.0512. The quantitative estimate of drug-likeness (QED) is 0.680. The van der Waals surface area contributed by atoms with Crippen LogP contribution >= 0.6 is 0 Å². The van der Waals surface area contributed by atoms with Crippen molar-refractivity contribution in [2.75, 3.05) is 18.0 Å². The Balaban J connectivity index is 1.47. The molecule has 2 aromatic carbocycles.